The van der Waals surface area contributed by atoms with E-state index in [0.717, 1.165) is 23.1 Å². The lowest BCUT2D eigenvalue weighted by Crippen LogP contribution is -2.38. The number of carbonyl (C=O) groups is 1. The van der Waals surface area contributed by atoms with E-state index in [1.807, 2.05) is 35.9 Å². The summed E-state index contributed by atoms with van der Waals surface area (Å²) in [5.74, 6) is -0.500. The number of carbonyl (C=O) groups excluding carboxylic acids is 1. The molecule has 1 heterocycles. The van der Waals surface area contributed by atoms with Gasteiger partial charge in [0.25, 0.3) is 0 Å². The Balaban J connectivity index is 2.44. The molecule has 2 rings (SSSR count). The van der Waals surface area contributed by atoms with Crippen molar-refractivity contribution in [2.75, 3.05) is 0 Å². The highest BCUT2D eigenvalue weighted by atomic mass is 16.1. The van der Waals surface area contributed by atoms with Gasteiger partial charge < -0.3 is 11.5 Å². The number of rotatable bonds is 4. The van der Waals surface area contributed by atoms with Crippen molar-refractivity contribution in [2.24, 2.45) is 11.5 Å². The van der Waals surface area contributed by atoms with Crippen molar-refractivity contribution in [3.8, 4) is 0 Å². The summed E-state index contributed by atoms with van der Waals surface area (Å²) in [5, 5.41) is 5.49. The van der Waals surface area contributed by atoms with E-state index in [2.05, 4.69) is 5.10 Å². The van der Waals surface area contributed by atoms with Gasteiger partial charge in [-0.25, -0.2) is 0 Å². The van der Waals surface area contributed by atoms with E-state index in [9.17, 15) is 4.79 Å². The molecule has 1 aromatic heterocycles. The number of amides is 1. The molecule has 5 nitrogen and oxygen atoms in total. The van der Waals surface area contributed by atoms with E-state index in [-0.39, 0.29) is 0 Å². The van der Waals surface area contributed by atoms with E-state index in [0.29, 0.717) is 6.42 Å². The fourth-order valence-electron chi connectivity index (χ4n) is 1.90. The number of primary amides is 1. The Kier molecular flexibility index (Phi) is 3.10. The molecule has 1 unspecified atom stereocenters. The van der Waals surface area contributed by atoms with E-state index in [4.69, 9.17) is 11.5 Å². The van der Waals surface area contributed by atoms with Gasteiger partial charge in [0.15, 0.2) is 0 Å². The summed E-state index contributed by atoms with van der Waals surface area (Å²) in [6, 6.07) is 7.22. The molecule has 17 heavy (non-hydrogen) atoms. The third kappa shape index (κ3) is 2.14. The third-order valence-corrected chi connectivity index (χ3v) is 2.81. The summed E-state index contributed by atoms with van der Waals surface area (Å²) in [4.78, 5) is 11.0. The van der Waals surface area contributed by atoms with Gasteiger partial charge in [-0.3, -0.25) is 9.48 Å². The third-order valence-electron chi connectivity index (χ3n) is 2.81. The van der Waals surface area contributed by atoms with Crippen molar-refractivity contribution >= 4 is 16.8 Å². The number of aromatic nitrogens is 2. The Bertz CT molecular complexity index is 546. The van der Waals surface area contributed by atoms with Gasteiger partial charge in [0, 0.05) is 18.4 Å². The highest BCUT2D eigenvalue weighted by Gasteiger charge is 2.15. The van der Waals surface area contributed by atoms with Crippen LogP contribution in [0.2, 0.25) is 0 Å². The molecule has 4 N–H and O–H groups in total. The average molecular weight is 232 g/mol. The standard InChI is InChI=1S/C12H16N4O/c1-2-16-11-6-4-3-5-8(11)10(15-16)7-9(13)12(14)17/h3-6,9H,2,7,13H2,1H3,(H2,14,17). The molecule has 0 saturated carbocycles. The van der Waals surface area contributed by atoms with Gasteiger partial charge in [-0.15, -0.1) is 0 Å². The predicted molar refractivity (Wildman–Crippen MR) is 66.3 cm³/mol. The zero-order valence-corrected chi connectivity index (χ0v) is 9.76. The van der Waals surface area contributed by atoms with Gasteiger partial charge in [0.05, 0.1) is 17.3 Å². The minimum Gasteiger partial charge on any atom is -0.368 e. The molecule has 1 atom stereocenters. The monoisotopic (exact) mass is 232 g/mol. The van der Waals surface area contributed by atoms with E-state index < -0.39 is 11.9 Å². The number of hydrogen-bond acceptors (Lipinski definition) is 3. The van der Waals surface area contributed by atoms with Gasteiger partial charge in [0.2, 0.25) is 5.91 Å². The molecule has 0 aliphatic heterocycles. The molecule has 0 fully saturated rings. The van der Waals surface area contributed by atoms with Crippen LogP contribution in [-0.4, -0.2) is 21.7 Å². The van der Waals surface area contributed by atoms with Crippen molar-refractivity contribution in [1.82, 2.24) is 9.78 Å². The number of aryl methyl sites for hydroxylation is 1. The topological polar surface area (TPSA) is 86.9 Å². The lowest BCUT2D eigenvalue weighted by atomic mass is 10.1. The molecule has 1 aromatic carbocycles. The molecule has 1 amide bonds. The molecule has 0 aliphatic rings. The van der Waals surface area contributed by atoms with Crippen LogP contribution in [0.25, 0.3) is 10.9 Å². The minimum absolute atomic E-state index is 0.378. The zero-order chi connectivity index (χ0) is 12.4. The van der Waals surface area contributed by atoms with E-state index in [1.54, 1.807) is 0 Å². The molecule has 0 aliphatic carbocycles. The maximum atomic E-state index is 11.0. The second-order valence-electron chi connectivity index (χ2n) is 3.99. The van der Waals surface area contributed by atoms with Crippen molar-refractivity contribution < 1.29 is 4.79 Å². The number of para-hydroxylation sites is 1. The van der Waals surface area contributed by atoms with Gasteiger partial charge in [-0.2, -0.15) is 5.10 Å². The predicted octanol–water partition coefficient (Wildman–Crippen LogP) is 0.411. The molecule has 90 valence electrons. The average Bonchev–Trinajstić information content (AvgIpc) is 2.68. The number of hydrogen-bond donors (Lipinski definition) is 2. The fourth-order valence-corrected chi connectivity index (χ4v) is 1.90. The quantitative estimate of drug-likeness (QED) is 0.800. The summed E-state index contributed by atoms with van der Waals surface area (Å²) in [6.45, 7) is 2.81. The van der Waals surface area contributed by atoms with E-state index in [1.165, 1.54) is 0 Å². The smallest absolute Gasteiger partial charge is 0.234 e. The van der Waals surface area contributed by atoms with Crippen LogP contribution in [-0.2, 0) is 17.8 Å². The summed E-state index contributed by atoms with van der Waals surface area (Å²) in [5.41, 5.74) is 12.7. The van der Waals surface area contributed by atoms with Crippen LogP contribution in [0.5, 0.6) is 0 Å². The SMILES string of the molecule is CCn1nc(CC(N)C(N)=O)c2ccccc21. The van der Waals surface area contributed by atoms with Crippen LogP contribution >= 0.6 is 0 Å². The van der Waals surface area contributed by atoms with Gasteiger partial charge in [0.1, 0.15) is 0 Å². The second kappa shape index (κ2) is 4.55. The lowest BCUT2D eigenvalue weighted by Gasteiger charge is -2.04. The number of fused-ring (bicyclic) bond motifs is 1. The number of nitrogens with zero attached hydrogens (tertiary/aromatic N) is 2. The maximum absolute atomic E-state index is 11.0. The second-order valence-corrected chi connectivity index (χ2v) is 3.99. The first-order valence-corrected chi connectivity index (χ1v) is 5.62. The maximum Gasteiger partial charge on any atom is 0.234 e. The molecule has 5 heteroatoms. The fraction of sp³-hybridized carbons (Fsp3) is 0.333. The Morgan fingerprint density at radius 3 is 2.82 bits per heavy atom. The van der Waals surface area contributed by atoms with E-state index >= 15 is 0 Å². The lowest BCUT2D eigenvalue weighted by molar-refractivity contribution is -0.119. The Labute approximate surface area is 99.4 Å². The highest BCUT2D eigenvalue weighted by Crippen LogP contribution is 2.19. The van der Waals surface area contributed by atoms with Crippen LogP contribution in [0.4, 0.5) is 0 Å². The minimum atomic E-state index is -0.682. The first-order valence-electron chi connectivity index (χ1n) is 5.62. The van der Waals surface area contributed by atoms with Gasteiger partial charge >= 0.3 is 0 Å². The molecular formula is C12H16N4O. The number of benzene rings is 1. The van der Waals surface area contributed by atoms with Crippen LogP contribution < -0.4 is 11.5 Å². The molecule has 2 aromatic rings. The van der Waals surface area contributed by atoms with Crippen LogP contribution in [0.1, 0.15) is 12.6 Å². The van der Waals surface area contributed by atoms with Gasteiger partial charge in [-0.05, 0) is 13.0 Å². The Morgan fingerprint density at radius 1 is 1.47 bits per heavy atom. The van der Waals surface area contributed by atoms with Crippen molar-refractivity contribution in [3.05, 3.63) is 30.0 Å². The summed E-state index contributed by atoms with van der Waals surface area (Å²) >= 11 is 0. The molecule has 0 spiro atoms. The van der Waals surface area contributed by atoms with Crippen molar-refractivity contribution in [1.29, 1.82) is 0 Å². The first kappa shape index (κ1) is 11.6. The molecular weight excluding hydrogens is 216 g/mol. The van der Waals surface area contributed by atoms with Crippen LogP contribution in [0, 0.1) is 0 Å². The normalized spacial score (nSPS) is 12.8. The van der Waals surface area contributed by atoms with Crippen LogP contribution in [0.15, 0.2) is 24.3 Å². The number of nitrogens with two attached hydrogens (primary N) is 2. The largest absolute Gasteiger partial charge is 0.368 e. The van der Waals surface area contributed by atoms with Gasteiger partial charge in [-0.1, -0.05) is 18.2 Å². The zero-order valence-electron chi connectivity index (χ0n) is 9.76. The Hall–Kier alpha value is -1.88. The summed E-state index contributed by atoms with van der Waals surface area (Å²) in [7, 11) is 0. The Morgan fingerprint density at radius 2 is 2.18 bits per heavy atom. The van der Waals surface area contributed by atoms with Crippen LogP contribution in [0.3, 0.4) is 0 Å². The molecule has 0 radical (unpaired) electrons. The highest BCUT2D eigenvalue weighted by molar-refractivity contribution is 5.84. The molecule has 0 saturated heterocycles. The molecule has 0 bridgehead atoms. The first-order chi connectivity index (χ1) is 8.13. The van der Waals surface area contributed by atoms with Crippen molar-refractivity contribution in [2.45, 2.75) is 25.9 Å². The van der Waals surface area contributed by atoms with Crippen molar-refractivity contribution in [3.63, 3.8) is 0 Å². The summed E-state index contributed by atoms with van der Waals surface area (Å²) in [6.07, 6.45) is 0.378. The summed E-state index contributed by atoms with van der Waals surface area (Å²) < 4.78 is 1.90.